The van der Waals surface area contributed by atoms with Gasteiger partial charge in [-0.15, -0.1) is 0 Å². The minimum Gasteiger partial charge on any atom is -0.343 e. The van der Waals surface area contributed by atoms with Gasteiger partial charge in [0, 0.05) is 39.5 Å². The van der Waals surface area contributed by atoms with E-state index in [2.05, 4.69) is 30.4 Å². The number of benzene rings is 1. The summed E-state index contributed by atoms with van der Waals surface area (Å²) < 4.78 is 0. The predicted molar refractivity (Wildman–Crippen MR) is 93.9 cm³/mol. The maximum absolute atomic E-state index is 12.2. The lowest BCUT2D eigenvalue weighted by Gasteiger charge is -2.40. The highest BCUT2D eigenvalue weighted by molar-refractivity contribution is 5.75. The molecule has 130 valence electrons. The molecule has 1 N–H and O–H groups in total. The number of amides is 3. The summed E-state index contributed by atoms with van der Waals surface area (Å²) in [5.41, 5.74) is 3.95. The van der Waals surface area contributed by atoms with E-state index in [0.29, 0.717) is 0 Å². The van der Waals surface area contributed by atoms with Gasteiger partial charge < -0.3 is 15.1 Å². The summed E-state index contributed by atoms with van der Waals surface area (Å²) in [4.78, 5) is 27.3. The molecule has 1 spiro atoms. The molecule has 0 saturated carbocycles. The molecule has 1 aromatic rings. The summed E-state index contributed by atoms with van der Waals surface area (Å²) in [6.07, 6.45) is 2.87. The number of piperidine rings is 1. The van der Waals surface area contributed by atoms with E-state index < -0.39 is 0 Å². The van der Waals surface area contributed by atoms with Crippen LogP contribution in [0, 0.1) is 6.92 Å². The van der Waals surface area contributed by atoms with Gasteiger partial charge in [-0.2, -0.15) is 0 Å². The van der Waals surface area contributed by atoms with Crippen LogP contribution < -0.4 is 5.32 Å². The van der Waals surface area contributed by atoms with Crippen LogP contribution in [0.3, 0.4) is 0 Å². The lowest BCUT2D eigenvalue weighted by Crippen LogP contribution is -2.44. The van der Waals surface area contributed by atoms with Crippen LogP contribution in [0.2, 0.25) is 0 Å². The number of urea groups is 1. The summed E-state index contributed by atoms with van der Waals surface area (Å²) >= 11 is 0. The predicted octanol–water partition coefficient (Wildman–Crippen LogP) is 2.59. The van der Waals surface area contributed by atoms with E-state index in [4.69, 9.17) is 0 Å². The van der Waals surface area contributed by atoms with Gasteiger partial charge >= 0.3 is 6.03 Å². The Balaban J connectivity index is 1.89. The van der Waals surface area contributed by atoms with Crippen LogP contribution in [-0.2, 0) is 10.2 Å². The van der Waals surface area contributed by atoms with Gasteiger partial charge in [-0.05, 0) is 37.3 Å². The highest BCUT2D eigenvalue weighted by Gasteiger charge is 2.46. The zero-order valence-corrected chi connectivity index (χ0v) is 15.1. The van der Waals surface area contributed by atoms with Gasteiger partial charge in [0.25, 0.3) is 0 Å². The second-order valence-corrected chi connectivity index (χ2v) is 7.48. The molecule has 0 aromatic heterocycles. The number of fused-ring (bicyclic) bond motifs is 2. The molecule has 1 aliphatic heterocycles. The number of likely N-dealkylation sites (tertiary alicyclic amines) is 1. The van der Waals surface area contributed by atoms with E-state index in [1.165, 1.54) is 16.7 Å². The molecule has 1 aromatic carbocycles. The van der Waals surface area contributed by atoms with Crippen LogP contribution in [-0.4, -0.2) is 48.9 Å². The second kappa shape index (κ2) is 6.11. The van der Waals surface area contributed by atoms with E-state index in [1.54, 1.807) is 25.9 Å². The third-order valence-electron chi connectivity index (χ3n) is 5.62. The Labute approximate surface area is 144 Å². The first-order valence-corrected chi connectivity index (χ1v) is 8.67. The van der Waals surface area contributed by atoms with E-state index in [9.17, 15) is 9.59 Å². The van der Waals surface area contributed by atoms with Crippen LogP contribution in [0.4, 0.5) is 4.79 Å². The van der Waals surface area contributed by atoms with Crippen LogP contribution in [0.5, 0.6) is 0 Å². The molecule has 0 bridgehead atoms. The van der Waals surface area contributed by atoms with Crippen molar-refractivity contribution in [2.24, 2.45) is 0 Å². The fraction of sp³-hybridized carbons (Fsp3) is 0.579. The average molecular weight is 329 g/mol. The average Bonchev–Trinajstić information content (AvgIpc) is 2.81. The van der Waals surface area contributed by atoms with Crippen molar-refractivity contribution in [3.8, 4) is 0 Å². The molecule has 24 heavy (non-hydrogen) atoms. The molecule has 1 saturated heterocycles. The van der Waals surface area contributed by atoms with Crippen molar-refractivity contribution in [1.29, 1.82) is 0 Å². The molecule has 5 heteroatoms. The Kier molecular flexibility index (Phi) is 4.28. The Morgan fingerprint density at radius 3 is 2.50 bits per heavy atom. The minimum absolute atomic E-state index is 0.0512. The molecule has 1 atom stereocenters. The molecule has 1 fully saturated rings. The van der Waals surface area contributed by atoms with Gasteiger partial charge in [-0.3, -0.25) is 4.79 Å². The Morgan fingerprint density at radius 1 is 1.25 bits per heavy atom. The Bertz CT molecular complexity index is 661. The summed E-state index contributed by atoms with van der Waals surface area (Å²) in [5.74, 6) is 0.157. The molecule has 3 amide bonds. The third-order valence-corrected chi connectivity index (χ3v) is 5.62. The molecular formula is C19H27N3O2. The molecule has 0 unspecified atom stereocenters. The SMILES string of the molecule is CC(=O)N1CCC2(CC1)C[C@H](NC(=O)N(C)C)c1ccc(C)cc12. The zero-order chi connectivity index (χ0) is 17.5. The van der Waals surface area contributed by atoms with Crippen LogP contribution in [0.25, 0.3) is 0 Å². The van der Waals surface area contributed by atoms with Crippen LogP contribution >= 0.6 is 0 Å². The number of rotatable bonds is 1. The van der Waals surface area contributed by atoms with Crippen LogP contribution in [0.1, 0.15) is 48.9 Å². The molecule has 3 rings (SSSR count). The van der Waals surface area contributed by atoms with E-state index in [0.717, 1.165) is 32.4 Å². The van der Waals surface area contributed by atoms with Gasteiger partial charge in [0.15, 0.2) is 0 Å². The molecular weight excluding hydrogens is 302 g/mol. The summed E-state index contributed by atoms with van der Waals surface area (Å²) in [5, 5.41) is 3.17. The number of aryl methyl sites for hydroxylation is 1. The van der Waals surface area contributed by atoms with Crippen molar-refractivity contribution in [2.45, 2.75) is 44.6 Å². The number of nitrogens with zero attached hydrogens (tertiary/aromatic N) is 2. The summed E-state index contributed by atoms with van der Waals surface area (Å²) in [7, 11) is 3.53. The first kappa shape index (κ1) is 16.8. The lowest BCUT2D eigenvalue weighted by atomic mass is 9.73. The number of nitrogens with one attached hydrogen (secondary N) is 1. The van der Waals surface area contributed by atoms with Crippen molar-refractivity contribution < 1.29 is 9.59 Å². The molecule has 2 aliphatic rings. The van der Waals surface area contributed by atoms with Crippen molar-refractivity contribution in [3.63, 3.8) is 0 Å². The standard InChI is InChI=1S/C19H27N3O2/c1-13-5-6-15-16(11-13)19(7-9-22(10-8-19)14(2)23)12-17(15)20-18(24)21(3)4/h5-6,11,17H,7-10,12H2,1-4H3,(H,20,24)/t17-/m0/s1. The van der Waals surface area contributed by atoms with Gasteiger partial charge in [0.05, 0.1) is 6.04 Å². The maximum atomic E-state index is 12.2. The Hall–Kier alpha value is -2.04. The molecule has 0 radical (unpaired) electrons. The number of hydrogen-bond acceptors (Lipinski definition) is 2. The van der Waals surface area contributed by atoms with E-state index in [1.807, 2.05) is 4.90 Å². The monoisotopic (exact) mass is 329 g/mol. The Morgan fingerprint density at radius 2 is 1.92 bits per heavy atom. The minimum atomic E-state index is -0.0512. The molecule has 1 aliphatic carbocycles. The van der Waals surface area contributed by atoms with E-state index >= 15 is 0 Å². The van der Waals surface area contributed by atoms with E-state index in [-0.39, 0.29) is 23.4 Å². The number of hydrogen-bond donors (Lipinski definition) is 1. The summed E-state index contributed by atoms with van der Waals surface area (Å²) in [6, 6.07) is 6.57. The summed E-state index contributed by atoms with van der Waals surface area (Å²) in [6.45, 7) is 5.36. The van der Waals surface area contributed by atoms with Crippen molar-refractivity contribution >= 4 is 11.9 Å². The topological polar surface area (TPSA) is 52.7 Å². The van der Waals surface area contributed by atoms with Gasteiger partial charge in [0.1, 0.15) is 0 Å². The van der Waals surface area contributed by atoms with Gasteiger partial charge in [-0.1, -0.05) is 23.8 Å². The van der Waals surface area contributed by atoms with Gasteiger partial charge in [0.2, 0.25) is 5.91 Å². The lowest BCUT2D eigenvalue weighted by molar-refractivity contribution is -0.130. The highest BCUT2D eigenvalue weighted by Crippen LogP contribution is 2.51. The normalized spacial score (nSPS) is 21.5. The van der Waals surface area contributed by atoms with Crippen molar-refractivity contribution in [2.75, 3.05) is 27.2 Å². The molecule has 1 heterocycles. The number of carbonyl (C=O) groups excluding carboxylic acids is 2. The second-order valence-electron chi connectivity index (χ2n) is 7.48. The first-order valence-electron chi connectivity index (χ1n) is 8.67. The smallest absolute Gasteiger partial charge is 0.317 e. The zero-order valence-electron chi connectivity index (χ0n) is 15.1. The third kappa shape index (κ3) is 2.87. The fourth-order valence-electron chi connectivity index (χ4n) is 4.17. The number of carbonyl (C=O) groups is 2. The highest BCUT2D eigenvalue weighted by atomic mass is 16.2. The first-order chi connectivity index (χ1) is 11.3. The van der Waals surface area contributed by atoms with Crippen LogP contribution in [0.15, 0.2) is 18.2 Å². The van der Waals surface area contributed by atoms with Crippen molar-refractivity contribution in [1.82, 2.24) is 15.1 Å². The quantitative estimate of drug-likeness (QED) is 0.861. The fourth-order valence-corrected chi connectivity index (χ4v) is 4.17. The largest absolute Gasteiger partial charge is 0.343 e. The maximum Gasteiger partial charge on any atom is 0.317 e. The van der Waals surface area contributed by atoms with Gasteiger partial charge in [-0.25, -0.2) is 4.79 Å². The van der Waals surface area contributed by atoms with Crippen molar-refractivity contribution in [3.05, 3.63) is 34.9 Å². The molecule has 5 nitrogen and oxygen atoms in total.